The molecule has 110 valence electrons. The lowest BCUT2D eigenvalue weighted by molar-refractivity contribution is 0.366. The third-order valence-electron chi connectivity index (χ3n) is 4.48. The summed E-state index contributed by atoms with van der Waals surface area (Å²) in [7, 11) is 0. The van der Waals surface area contributed by atoms with Gasteiger partial charge in [0.05, 0.1) is 6.26 Å². The zero-order valence-electron chi connectivity index (χ0n) is 11.8. The minimum absolute atomic E-state index is 0.0864. The van der Waals surface area contributed by atoms with Crippen LogP contribution in [0.5, 0.6) is 0 Å². The highest BCUT2D eigenvalue weighted by molar-refractivity contribution is 7.99. The van der Waals surface area contributed by atoms with E-state index in [9.17, 15) is 4.39 Å². The first kappa shape index (κ1) is 13.4. The molecule has 2 heterocycles. The minimum atomic E-state index is -0.0864. The molecule has 1 aliphatic heterocycles. The molecule has 2 unspecified atom stereocenters. The molecule has 2 aliphatic rings. The van der Waals surface area contributed by atoms with E-state index < -0.39 is 0 Å². The fourth-order valence-electron chi connectivity index (χ4n) is 3.46. The minimum Gasteiger partial charge on any atom is -0.469 e. The number of thioether (sulfide) groups is 1. The van der Waals surface area contributed by atoms with Crippen LogP contribution in [0, 0.1) is 5.82 Å². The van der Waals surface area contributed by atoms with Crippen LogP contribution in [-0.4, -0.2) is 5.75 Å². The van der Waals surface area contributed by atoms with E-state index in [0.29, 0.717) is 6.04 Å². The van der Waals surface area contributed by atoms with Crippen LogP contribution in [0.3, 0.4) is 0 Å². The Balaban J connectivity index is 1.62. The van der Waals surface area contributed by atoms with Gasteiger partial charge < -0.3 is 9.73 Å². The number of halogens is 1. The van der Waals surface area contributed by atoms with Crippen LogP contribution in [-0.2, 0) is 6.42 Å². The van der Waals surface area contributed by atoms with Crippen molar-refractivity contribution in [3.63, 3.8) is 0 Å². The monoisotopic (exact) mass is 303 g/mol. The largest absolute Gasteiger partial charge is 0.469 e. The quantitative estimate of drug-likeness (QED) is 0.876. The van der Waals surface area contributed by atoms with Gasteiger partial charge in [-0.15, -0.1) is 11.8 Å². The lowest BCUT2D eigenvalue weighted by atomic mass is 9.91. The van der Waals surface area contributed by atoms with Gasteiger partial charge in [0.1, 0.15) is 11.6 Å². The van der Waals surface area contributed by atoms with E-state index >= 15 is 0 Å². The van der Waals surface area contributed by atoms with Gasteiger partial charge in [-0.05, 0) is 42.7 Å². The molecule has 0 spiro atoms. The first-order chi connectivity index (χ1) is 10.3. The Labute approximate surface area is 128 Å². The van der Waals surface area contributed by atoms with Gasteiger partial charge in [0.15, 0.2) is 0 Å². The van der Waals surface area contributed by atoms with Gasteiger partial charge >= 0.3 is 0 Å². The highest BCUT2D eigenvalue weighted by Crippen LogP contribution is 2.40. The van der Waals surface area contributed by atoms with Crippen molar-refractivity contribution in [2.75, 3.05) is 5.75 Å². The van der Waals surface area contributed by atoms with Gasteiger partial charge in [0.25, 0.3) is 0 Å². The number of hydrogen-bond donors (Lipinski definition) is 1. The maximum atomic E-state index is 13.9. The zero-order valence-corrected chi connectivity index (χ0v) is 12.6. The van der Waals surface area contributed by atoms with Crippen molar-refractivity contribution >= 4 is 11.8 Å². The summed E-state index contributed by atoms with van der Waals surface area (Å²) in [5, 5.41) is 3.74. The molecule has 4 heteroatoms. The summed E-state index contributed by atoms with van der Waals surface area (Å²) in [6, 6.07) is 8.08. The second-order valence-corrected chi connectivity index (χ2v) is 6.86. The Hall–Kier alpha value is -1.26. The van der Waals surface area contributed by atoms with Crippen LogP contribution in [0.15, 0.2) is 39.8 Å². The second-order valence-electron chi connectivity index (χ2n) is 5.76. The van der Waals surface area contributed by atoms with E-state index in [0.717, 1.165) is 47.7 Å². The second kappa shape index (κ2) is 5.50. The molecule has 0 saturated heterocycles. The Bertz CT molecular complexity index is 654. The van der Waals surface area contributed by atoms with Crippen LogP contribution in [0.1, 0.15) is 48.2 Å². The number of aryl methyl sites for hydroxylation is 1. The molecule has 1 aromatic carbocycles. The number of nitrogens with one attached hydrogen (secondary N) is 1. The molecule has 2 atom stereocenters. The molecule has 0 fully saturated rings. The van der Waals surface area contributed by atoms with Gasteiger partial charge in [0.2, 0.25) is 0 Å². The molecular formula is C17H18FNOS. The lowest BCUT2D eigenvalue weighted by Gasteiger charge is -2.32. The van der Waals surface area contributed by atoms with Crippen molar-refractivity contribution in [3.8, 4) is 0 Å². The van der Waals surface area contributed by atoms with E-state index in [4.69, 9.17) is 4.42 Å². The maximum Gasteiger partial charge on any atom is 0.137 e. The van der Waals surface area contributed by atoms with Crippen LogP contribution in [0.25, 0.3) is 0 Å². The molecule has 1 N–H and O–H groups in total. The van der Waals surface area contributed by atoms with E-state index in [1.165, 1.54) is 5.56 Å². The van der Waals surface area contributed by atoms with Crippen LogP contribution >= 0.6 is 11.8 Å². The Morgan fingerprint density at radius 3 is 3.00 bits per heavy atom. The number of rotatable bonds is 2. The van der Waals surface area contributed by atoms with Crippen molar-refractivity contribution in [2.45, 2.75) is 42.7 Å². The molecule has 0 amide bonds. The van der Waals surface area contributed by atoms with E-state index in [1.807, 2.05) is 6.07 Å². The summed E-state index contributed by atoms with van der Waals surface area (Å²) in [6.45, 7) is 0. The topological polar surface area (TPSA) is 25.2 Å². The summed E-state index contributed by atoms with van der Waals surface area (Å²) in [5.74, 6) is 2.00. The Morgan fingerprint density at radius 1 is 1.14 bits per heavy atom. The summed E-state index contributed by atoms with van der Waals surface area (Å²) >= 11 is 1.63. The average molecular weight is 303 g/mol. The fourth-order valence-corrected chi connectivity index (χ4v) is 4.60. The van der Waals surface area contributed by atoms with Crippen molar-refractivity contribution in [3.05, 3.63) is 53.2 Å². The molecule has 2 aromatic rings. The smallest absolute Gasteiger partial charge is 0.137 e. The normalized spacial score (nSPS) is 24.4. The van der Waals surface area contributed by atoms with E-state index in [-0.39, 0.29) is 11.9 Å². The van der Waals surface area contributed by atoms with Gasteiger partial charge in [-0.1, -0.05) is 12.1 Å². The number of fused-ring (bicyclic) bond motifs is 2. The third kappa shape index (κ3) is 2.40. The highest BCUT2D eigenvalue weighted by atomic mass is 32.2. The molecular weight excluding hydrogens is 285 g/mol. The van der Waals surface area contributed by atoms with Gasteiger partial charge in [-0.3, -0.25) is 0 Å². The lowest BCUT2D eigenvalue weighted by Crippen LogP contribution is -2.30. The number of hydrogen-bond acceptors (Lipinski definition) is 3. The molecule has 4 rings (SSSR count). The van der Waals surface area contributed by atoms with Crippen LogP contribution < -0.4 is 5.32 Å². The van der Waals surface area contributed by atoms with Gasteiger partial charge in [-0.25, -0.2) is 4.39 Å². The summed E-state index contributed by atoms with van der Waals surface area (Å²) < 4.78 is 19.5. The average Bonchev–Trinajstić information content (AvgIpc) is 2.98. The maximum absolute atomic E-state index is 13.9. The fraction of sp³-hybridized carbons (Fsp3) is 0.412. The van der Waals surface area contributed by atoms with Crippen LogP contribution in [0.2, 0.25) is 0 Å². The van der Waals surface area contributed by atoms with Crippen LogP contribution in [0.4, 0.5) is 4.39 Å². The Kier molecular flexibility index (Phi) is 3.51. The first-order valence-electron chi connectivity index (χ1n) is 7.56. The molecule has 0 saturated carbocycles. The van der Waals surface area contributed by atoms with Crippen molar-refractivity contribution in [2.24, 2.45) is 0 Å². The summed E-state index contributed by atoms with van der Waals surface area (Å²) in [5.41, 5.74) is 2.40. The van der Waals surface area contributed by atoms with Crippen molar-refractivity contribution < 1.29 is 8.81 Å². The standard InChI is InChI=1S/C17H18FNOS/c18-13-4-1-3-12-15(8-10-21-17(12)13)19-14-5-2-6-16-11(14)7-9-20-16/h1,3-4,7,9,14-15,19H,2,5-6,8,10H2. The Morgan fingerprint density at radius 2 is 2.05 bits per heavy atom. The number of benzene rings is 1. The van der Waals surface area contributed by atoms with Crippen molar-refractivity contribution in [1.29, 1.82) is 0 Å². The molecule has 1 aliphatic carbocycles. The number of furan rings is 1. The predicted octanol–water partition coefficient (Wildman–Crippen LogP) is 4.62. The molecule has 0 bridgehead atoms. The summed E-state index contributed by atoms with van der Waals surface area (Å²) in [6.07, 6.45) is 6.14. The third-order valence-corrected chi connectivity index (χ3v) is 5.64. The zero-order chi connectivity index (χ0) is 14.2. The summed E-state index contributed by atoms with van der Waals surface area (Å²) in [4.78, 5) is 0.824. The SMILES string of the molecule is Fc1cccc2c1SCCC2NC1CCCc2occc21. The van der Waals surface area contributed by atoms with Crippen molar-refractivity contribution in [1.82, 2.24) is 5.32 Å². The molecule has 1 aromatic heterocycles. The first-order valence-corrected chi connectivity index (χ1v) is 8.55. The van der Waals surface area contributed by atoms with E-state index in [2.05, 4.69) is 17.4 Å². The van der Waals surface area contributed by atoms with Gasteiger partial charge in [0, 0.05) is 29.0 Å². The highest BCUT2D eigenvalue weighted by Gasteiger charge is 2.28. The molecule has 2 nitrogen and oxygen atoms in total. The molecule has 21 heavy (non-hydrogen) atoms. The van der Waals surface area contributed by atoms with Gasteiger partial charge in [-0.2, -0.15) is 0 Å². The van der Waals surface area contributed by atoms with E-state index in [1.54, 1.807) is 24.1 Å². The molecule has 0 radical (unpaired) electrons. The predicted molar refractivity (Wildman–Crippen MR) is 82.0 cm³/mol.